The van der Waals surface area contributed by atoms with Crippen LogP contribution in [0.4, 0.5) is 5.69 Å². The van der Waals surface area contributed by atoms with Gasteiger partial charge in [-0.05, 0) is 45.4 Å². The SMILES string of the molecule is Cc1nn(-c2ccccc2)c(C)c1NC(=O)CCN1CCCC1C(=O)N1CCSCC1. The first-order chi connectivity index (χ1) is 15.0. The number of amides is 2. The molecule has 2 amide bonds. The van der Waals surface area contributed by atoms with Gasteiger partial charge < -0.3 is 10.2 Å². The predicted octanol–water partition coefficient (Wildman–Crippen LogP) is 2.86. The van der Waals surface area contributed by atoms with Gasteiger partial charge in [0.05, 0.1) is 28.8 Å². The molecule has 3 heterocycles. The molecule has 2 aliphatic rings. The number of thioether (sulfide) groups is 1. The van der Waals surface area contributed by atoms with Crippen molar-refractivity contribution in [1.82, 2.24) is 19.6 Å². The number of rotatable bonds is 6. The number of hydrogen-bond acceptors (Lipinski definition) is 5. The fourth-order valence-electron chi connectivity index (χ4n) is 4.46. The minimum absolute atomic E-state index is 0.0358. The second-order valence-electron chi connectivity index (χ2n) is 8.22. The number of benzene rings is 1. The summed E-state index contributed by atoms with van der Waals surface area (Å²) in [7, 11) is 0. The summed E-state index contributed by atoms with van der Waals surface area (Å²) in [6, 6.07) is 9.84. The van der Waals surface area contributed by atoms with E-state index in [0.717, 1.165) is 66.7 Å². The predicted molar refractivity (Wildman–Crippen MR) is 125 cm³/mol. The summed E-state index contributed by atoms with van der Waals surface area (Å²) in [4.78, 5) is 29.9. The molecule has 1 atom stereocenters. The highest BCUT2D eigenvalue weighted by Crippen LogP contribution is 2.24. The molecule has 1 aromatic heterocycles. The smallest absolute Gasteiger partial charge is 0.239 e. The van der Waals surface area contributed by atoms with Crippen LogP contribution >= 0.6 is 11.8 Å². The van der Waals surface area contributed by atoms with Crippen LogP contribution in [0.25, 0.3) is 5.69 Å². The normalized spacial score (nSPS) is 19.5. The molecule has 2 aromatic rings. The molecule has 1 N–H and O–H groups in total. The third kappa shape index (κ3) is 4.96. The topological polar surface area (TPSA) is 70.5 Å². The maximum Gasteiger partial charge on any atom is 0.239 e. The van der Waals surface area contributed by atoms with Crippen molar-refractivity contribution in [2.24, 2.45) is 0 Å². The number of likely N-dealkylation sites (tertiary alicyclic amines) is 1. The van der Waals surface area contributed by atoms with E-state index in [1.165, 1.54) is 0 Å². The third-order valence-electron chi connectivity index (χ3n) is 6.15. The minimum atomic E-state index is -0.0693. The Bertz CT molecular complexity index is 924. The number of aromatic nitrogens is 2. The quantitative estimate of drug-likeness (QED) is 0.747. The molecule has 7 nitrogen and oxygen atoms in total. The first-order valence-corrected chi connectivity index (χ1v) is 12.2. The van der Waals surface area contributed by atoms with Crippen LogP contribution in [0.3, 0.4) is 0 Å². The van der Waals surface area contributed by atoms with Crippen molar-refractivity contribution in [3.63, 3.8) is 0 Å². The highest BCUT2D eigenvalue weighted by molar-refractivity contribution is 7.99. The van der Waals surface area contributed by atoms with Crippen molar-refractivity contribution in [1.29, 1.82) is 0 Å². The van der Waals surface area contributed by atoms with Crippen molar-refractivity contribution in [2.45, 2.75) is 39.2 Å². The molecule has 0 bridgehead atoms. The van der Waals surface area contributed by atoms with Gasteiger partial charge in [-0.25, -0.2) is 4.68 Å². The third-order valence-corrected chi connectivity index (χ3v) is 7.10. The Balaban J connectivity index is 1.35. The van der Waals surface area contributed by atoms with E-state index in [2.05, 4.69) is 15.3 Å². The highest BCUT2D eigenvalue weighted by atomic mass is 32.2. The van der Waals surface area contributed by atoms with Gasteiger partial charge in [-0.3, -0.25) is 14.5 Å². The number of hydrogen-bond donors (Lipinski definition) is 1. The van der Waals surface area contributed by atoms with Crippen molar-refractivity contribution >= 4 is 29.3 Å². The van der Waals surface area contributed by atoms with Gasteiger partial charge in [-0.2, -0.15) is 16.9 Å². The van der Waals surface area contributed by atoms with Crippen LogP contribution in [-0.2, 0) is 9.59 Å². The van der Waals surface area contributed by atoms with E-state index in [4.69, 9.17) is 0 Å². The lowest BCUT2D eigenvalue weighted by molar-refractivity contribution is -0.136. The van der Waals surface area contributed by atoms with E-state index >= 15 is 0 Å². The van der Waals surface area contributed by atoms with E-state index in [9.17, 15) is 9.59 Å². The van der Waals surface area contributed by atoms with Crippen molar-refractivity contribution in [3.8, 4) is 5.69 Å². The second-order valence-corrected chi connectivity index (χ2v) is 9.45. The molecule has 1 aromatic carbocycles. The molecule has 0 aliphatic carbocycles. The number of carbonyl (C=O) groups excluding carboxylic acids is 2. The summed E-state index contributed by atoms with van der Waals surface area (Å²) in [6.45, 7) is 7.06. The van der Waals surface area contributed by atoms with Gasteiger partial charge in [0.1, 0.15) is 0 Å². The summed E-state index contributed by atoms with van der Waals surface area (Å²) in [6.07, 6.45) is 2.28. The standard InChI is InChI=1S/C23H31N5O2S/c1-17-22(18(2)28(25-17)19-7-4-3-5-8-19)24-21(29)10-12-26-11-6-9-20(26)23(30)27-13-15-31-16-14-27/h3-5,7-8,20H,6,9-16H2,1-2H3,(H,24,29). The lowest BCUT2D eigenvalue weighted by Crippen LogP contribution is -2.48. The van der Waals surface area contributed by atoms with Gasteiger partial charge in [-0.1, -0.05) is 18.2 Å². The average Bonchev–Trinajstić information content (AvgIpc) is 3.38. The Morgan fingerprint density at radius 3 is 2.61 bits per heavy atom. The molecule has 4 rings (SSSR count). The van der Waals surface area contributed by atoms with Crippen molar-refractivity contribution < 1.29 is 9.59 Å². The first kappa shape index (κ1) is 21.9. The van der Waals surface area contributed by atoms with E-state index in [1.54, 1.807) is 0 Å². The molecule has 0 saturated carbocycles. The first-order valence-electron chi connectivity index (χ1n) is 11.1. The Labute approximate surface area is 188 Å². The number of carbonyl (C=O) groups is 2. The molecular weight excluding hydrogens is 410 g/mol. The van der Waals surface area contributed by atoms with Crippen LogP contribution in [0, 0.1) is 13.8 Å². The van der Waals surface area contributed by atoms with Crippen LogP contribution in [-0.4, -0.2) is 75.1 Å². The van der Waals surface area contributed by atoms with Gasteiger partial charge in [0.25, 0.3) is 0 Å². The molecule has 2 saturated heterocycles. The van der Waals surface area contributed by atoms with E-state index in [1.807, 2.05) is 65.5 Å². The van der Waals surface area contributed by atoms with Gasteiger partial charge in [0.2, 0.25) is 11.8 Å². The fourth-order valence-corrected chi connectivity index (χ4v) is 5.36. The average molecular weight is 442 g/mol. The summed E-state index contributed by atoms with van der Waals surface area (Å²) in [5.74, 6) is 2.26. The van der Waals surface area contributed by atoms with Gasteiger partial charge in [0.15, 0.2) is 0 Å². The molecule has 31 heavy (non-hydrogen) atoms. The molecule has 2 aliphatic heterocycles. The van der Waals surface area contributed by atoms with Crippen LogP contribution in [0.15, 0.2) is 30.3 Å². The van der Waals surface area contributed by atoms with E-state index in [-0.39, 0.29) is 17.9 Å². The zero-order valence-electron chi connectivity index (χ0n) is 18.3. The van der Waals surface area contributed by atoms with Crippen molar-refractivity contribution in [2.75, 3.05) is 43.0 Å². The number of para-hydroxylation sites is 1. The lowest BCUT2D eigenvalue weighted by atomic mass is 10.2. The number of aryl methyl sites for hydroxylation is 1. The molecule has 2 fully saturated rings. The number of anilines is 1. The van der Waals surface area contributed by atoms with E-state index < -0.39 is 0 Å². The minimum Gasteiger partial charge on any atom is -0.340 e. The van der Waals surface area contributed by atoms with Gasteiger partial charge >= 0.3 is 0 Å². The Morgan fingerprint density at radius 1 is 1.13 bits per heavy atom. The maximum absolute atomic E-state index is 12.9. The second kappa shape index (κ2) is 9.87. The summed E-state index contributed by atoms with van der Waals surface area (Å²) >= 11 is 1.91. The Hall–Kier alpha value is -2.32. The molecule has 166 valence electrons. The molecular formula is C23H31N5O2S. The zero-order valence-corrected chi connectivity index (χ0v) is 19.2. The van der Waals surface area contributed by atoms with Crippen molar-refractivity contribution in [3.05, 3.63) is 41.7 Å². The largest absolute Gasteiger partial charge is 0.340 e. The van der Waals surface area contributed by atoms with E-state index in [0.29, 0.717) is 13.0 Å². The van der Waals surface area contributed by atoms with Gasteiger partial charge in [-0.15, -0.1) is 0 Å². The maximum atomic E-state index is 12.9. The molecule has 1 unspecified atom stereocenters. The molecule has 0 radical (unpaired) electrons. The lowest BCUT2D eigenvalue weighted by Gasteiger charge is -2.32. The van der Waals surface area contributed by atoms with Gasteiger partial charge in [0, 0.05) is 37.6 Å². The summed E-state index contributed by atoms with van der Waals surface area (Å²) in [5.41, 5.74) is 3.45. The fraction of sp³-hybridized carbons (Fsp3) is 0.522. The highest BCUT2D eigenvalue weighted by Gasteiger charge is 2.34. The number of nitrogens with one attached hydrogen (secondary N) is 1. The number of nitrogens with zero attached hydrogens (tertiary/aromatic N) is 4. The molecule has 8 heteroatoms. The monoisotopic (exact) mass is 441 g/mol. The van der Waals surface area contributed by atoms with Crippen LogP contribution < -0.4 is 5.32 Å². The zero-order chi connectivity index (χ0) is 21.8. The summed E-state index contributed by atoms with van der Waals surface area (Å²) < 4.78 is 1.86. The van der Waals surface area contributed by atoms with Crippen LogP contribution in [0.1, 0.15) is 30.7 Å². The van der Waals surface area contributed by atoms with Crippen LogP contribution in [0.5, 0.6) is 0 Å². The Kier molecular flexibility index (Phi) is 6.97. The summed E-state index contributed by atoms with van der Waals surface area (Å²) in [5, 5.41) is 7.65. The molecule has 0 spiro atoms. The Morgan fingerprint density at radius 2 is 1.87 bits per heavy atom. The van der Waals surface area contributed by atoms with Crippen LogP contribution in [0.2, 0.25) is 0 Å².